The zero-order chi connectivity index (χ0) is 16.4. The summed E-state index contributed by atoms with van der Waals surface area (Å²) in [6, 6.07) is 8.14. The number of benzene rings is 1. The summed E-state index contributed by atoms with van der Waals surface area (Å²) < 4.78 is 0. The first-order valence-corrected chi connectivity index (χ1v) is 7.97. The summed E-state index contributed by atoms with van der Waals surface area (Å²) in [7, 11) is 5.45. The summed E-state index contributed by atoms with van der Waals surface area (Å²) in [5.74, 6) is 0.888. The van der Waals surface area contributed by atoms with Crippen LogP contribution >= 0.6 is 0 Å². The van der Waals surface area contributed by atoms with Gasteiger partial charge in [0.25, 0.3) is 0 Å². The quantitative estimate of drug-likeness (QED) is 0.853. The first-order chi connectivity index (χ1) is 11.1. The van der Waals surface area contributed by atoms with E-state index in [2.05, 4.69) is 9.88 Å². The highest BCUT2D eigenvalue weighted by Gasteiger charge is 2.27. The summed E-state index contributed by atoms with van der Waals surface area (Å²) in [6.45, 7) is 1.75. The van der Waals surface area contributed by atoms with Gasteiger partial charge in [0.1, 0.15) is 5.82 Å². The van der Waals surface area contributed by atoms with E-state index < -0.39 is 0 Å². The summed E-state index contributed by atoms with van der Waals surface area (Å²) in [5, 5.41) is 0. The highest BCUT2D eigenvalue weighted by molar-refractivity contribution is 5.75. The van der Waals surface area contributed by atoms with Crippen molar-refractivity contribution in [3.05, 3.63) is 30.5 Å². The third-order valence-corrected chi connectivity index (χ3v) is 4.39. The van der Waals surface area contributed by atoms with E-state index >= 15 is 0 Å². The number of hydrogen-bond acceptors (Lipinski definition) is 4. The number of carbonyl (C=O) groups is 1. The second-order valence-corrected chi connectivity index (χ2v) is 6.25. The number of rotatable bonds is 2. The molecule has 0 radical (unpaired) electrons. The molecule has 0 spiro atoms. The Morgan fingerprint density at radius 2 is 1.96 bits per heavy atom. The second kappa shape index (κ2) is 6.40. The van der Waals surface area contributed by atoms with E-state index in [0.717, 1.165) is 42.8 Å². The fraction of sp³-hybridized carbons (Fsp3) is 0.471. The molecule has 2 amide bonds. The predicted molar refractivity (Wildman–Crippen MR) is 91.6 cm³/mol. The van der Waals surface area contributed by atoms with E-state index in [1.54, 1.807) is 19.0 Å². The molecule has 0 bridgehead atoms. The second-order valence-electron chi connectivity index (χ2n) is 6.25. The van der Waals surface area contributed by atoms with E-state index in [4.69, 9.17) is 4.98 Å². The van der Waals surface area contributed by atoms with Crippen molar-refractivity contribution in [2.24, 2.45) is 0 Å². The topological polar surface area (TPSA) is 52.6 Å². The molecule has 1 saturated heterocycles. The molecule has 122 valence electrons. The molecule has 6 heteroatoms. The van der Waals surface area contributed by atoms with Gasteiger partial charge in [-0.25, -0.2) is 9.78 Å². The Morgan fingerprint density at radius 1 is 1.22 bits per heavy atom. The number of amides is 2. The number of piperidine rings is 1. The highest BCUT2D eigenvalue weighted by atomic mass is 16.2. The van der Waals surface area contributed by atoms with Crippen LogP contribution in [0.4, 0.5) is 10.6 Å². The molecule has 1 fully saturated rings. The molecule has 1 unspecified atom stereocenters. The van der Waals surface area contributed by atoms with Crippen LogP contribution in [0.2, 0.25) is 0 Å². The number of urea groups is 1. The summed E-state index contributed by atoms with van der Waals surface area (Å²) in [4.78, 5) is 27.1. The van der Waals surface area contributed by atoms with E-state index in [-0.39, 0.29) is 12.1 Å². The minimum atomic E-state index is 0.0430. The summed E-state index contributed by atoms with van der Waals surface area (Å²) in [6.07, 6.45) is 3.90. The van der Waals surface area contributed by atoms with Crippen molar-refractivity contribution in [1.82, 2.24) is 19.8 Å². The molecule has 1 aliphatic heterocycles. The number of hydrogen-bond donors (Lipinski definition) is 0. The monoisotopic (exact) mass is 313 g/mol. The van der Waals surface area contributed by atoms with Crippen molar-refractivity contribution < 1.29 is 4.79 Å². The number of likely N-dealkylation sites (N-methyl/N-ethyl adjacent to an activating group) is 1. The van der Waals surface area contributed by atoms with Crippen molar-refractivity contribution in [2.75, 3.05) is 39.1 Å². The Labute approximate surface area is 136 Å². The van der Waals surface area contributed by atoms with Gasteiger partial charge < -0.3 is 14.7 Å². The third kappa shape index (κ3) is 3.21. The Balaban J connectivity index is 1.78. The van der Waals surface area contributed by atoms with Gasteiger partial charge in [-0.1, -0.05) is 12.1 Å². The first-order valence-electron chi connectivity index (χ1n) is 7.97. The molecule has 2 aromatic rings. The molecule has 3 rings (SSSR count). The molecule has 23 heavy (non-hydrogen) atoms. The van der Waals surface area contributed by atoms with Gasteiger partial charge in [-0.05, 0) is 25.0 Å². The van der Waals surface area contributed by atoms with E-state index in [0.29, 0.717) is 0 Å². The van der Waals surface area contributed by atoms with Crippen LogP contribution in [0.5, 0.6) is 0 Å². The van der Waals surface area contributed by atoms with Gasteiger partial charge in [-0.15, -0.1) is 0 Å². The molecule has 0 aliphatic carbocycles. The van der Waals surface area contributed by atoms with Crippen molar-refractivity contribution in [1.29, 1.82) is 0 Å². The number of aromatic nitrogens is 2. The van der Waals surface area contributed by atoms with Crippen LogP contribution in [0.1, 0.15) is 12.8 Å². The Hall–Kier alpha value is -2.37. The fourth-order valence-corrected chi connectivity index (χ4v) is 3.05. The number of nitrogens with zero attached hydrogens (tertiary/aromatic N) is 5. The molecule has 0 saturated carbocycles. The first kappa shape index (κ1) is 15.5. The van der Waals surface area contributed by atoms with Crippen molar-refractivity contribution in [3.63, 3.8) is 0 Å². The minimum Gasteiger partial charge on any atom is -0.353 e. The molecule has 2 heterocycles. The lowest BCUT2D eigenvalue weighted by Crippen LogP contribution is -2.51. The van der Waals surface area contributed by atoms with E-state index in [1.807, 2.05) is 42.4 Å². The highest BCUT2D eigenvalue weighted by Crippen LogP contribution is 2.22. The summed E-state index contributed by atoms with van der Waals surface area (Å²) >= 11 is 0. The standard InChI is InChI=1S/C17H23N5O/c1-20(2)17(23)21(3)13-7-6-10-22(12-13)16-11-18-14-8-4-5-9-15(14)19-16/h4-5,8-9,11,13H,6-7,10,12H2,1-3H3. The van der Waals surface area contributed by atoms with E-state index in [1.165, 1.54) is 0 Å². The molecular weight excluding hydrogens is 290 g/mol. The maximum Gasteiger partial charge on any atom is 0.319 e. The maximum atomic E-state index is 12.2. The van der Waals surface area contributed by atoms with Gasteiger partial charge in [0, 0.05) is 34.2 Å². The van der Waals surface area contributed by atoms with Crippen LogP contribution in [0.15, 0.2) is 30.5 Å². The zero-order valence-electron chi connectivity index (χ0n) is 13.9. The fourth-order valence-electron chi connectivity index (χ4n) is 3.05. The Bertz CT molecular complexity index is 702. The Morgan fingerprint density at radius 3 is 2.70 bits per heavy atom. The minimum absolute atomic E-state index is 0.0430. The van der Waals surface area contributed by atoms with Gasteiger partial charge in [0.15, 0.2) is 0 Å². The largest absolute Gasteiger partial charge is 0.353 e. The van der Waals surface area contributed by atoms with Crippen LogP contribution in [-0.2, 0) is 0 Å². The maximum absolute atomic E-state index is 12.2. The van der Waals surface area contributed by atoms with Gasteiger partial charge in [-0.2, -0.15) is 0 Å². The lowest BCUT2D eigenvalue weighted by molar-refractivity contribution is 0.157. The van der Waals surface area contributed by atoms with Gasteiger partial charge in [-0.3, -0.25) is 4.98 Å². The molecule has 1 atom stereocenters. The van der Waals surface area contributed by atoms with Gasteiger partial charge in [0.2, 0.25) is 0 Å². The van der Waals surface area contributed by atoms with Crippen molar-refractivity contribution >= 4 is 22.9 Å². The summed E-state index contributed by atoms with van der Waals surface area (Å²) in [5.41, 5.74) is 1.81. The number of fused-ring (bicyclic) bond motifs is 1. The van der Waals surface area contributed by atoms with Crippen LogP contribution in [0, 0.1) is 0 Å². The number of para-hydroxylation sites is 2. The SMILES string of the molecule is CN(C)C(=O)N(C)C1CCCN(c2cnc3ccccc3n2)C1. The number of carbonyl (C=O) groups excluding carboxylic acids is 1. The number of anilines is 1. The average molecular weight is 313 g/mol. The third-order valence-electron chi connectivity index (χ3n) is 4.39. The molecule has 1 aliphatic rings. The van der Waals surface area contributed by atoms with Crippen LogP contribution < -0.4 is 4.90 Å². The molecule has 0 N–H and O–H groups in total. The van der Waals surface area contributed by atoms with Crippen LogP contribution in [0.25, 0.3) is 11.0 Å². The predicted octanol–water partition coefficient (Wildman–Crippen LogP) is 2.21. The zero-order valence-corrected chi connectivity index (χ0v) is 13.9. The van der Waals surface area contributed by atoms with Crippen LogP contribution in [0.3, 0.4) is 0 Å². The molecule has 1 aromatic heterocycles. The average Bonchev–Trinajstić information content (AvgIpc) is 2.60. The van der Waals surface area contributed by atoms with Crippen molar-refractivity contribution in [3.8, 4) is 0 Å². The van der Waals surface area contributed by atoms with E-state index in [9.17, 15) is 4.79 Å². The van der Waals surface area contributed by atoms with Gasteiger partial charge >= 0.3 is 6.03 Å². The van der Waals surface area contributed by atoms with Crippen LogP contribution in [-0.4, -0.2) is 66.1 Å². The van der Waals surface area contributed by atoms with Gasteiger partial charge in [0.05, 0.1) is 23.3 Å². The van der Waals surface area contributed by atoms with Crippen molar-refractivity contribution in [2.45, 2.75) is 18.9 Å². The Kier molecular flexibility index (Phi) is 4.32. The normalized spacial score (nSPS) is 18.0. The molecular formula is C17H23N5O. The molecule has 6 nitrogen and oxygen atoms in total. The lowest BCUT2D eigenvalue weighted by atomic mass is 10.0. The smallest absolute Gasteiger partial charge is 0.319 e. The molecule has 1 aromatic carbocycles. The lowest BCUT2D eigenvalue weighted by Gasteiger charge is -2.38.